The summed E-state index contributed by atoms with van der Waals surface area (Å²) >= 11 is 0. The highest BCUT2D eigenvalue weighted by Gasteiger charge is 2.27. The predicted molar refractivity (Wildman–Crippen MR) is 344 cm³/mol. The first-order valence-corrected chi connectivity index (χ1v) is 35.2. The lowest BCUT2D eigenvalue weighted by Gasteiger charge is -2.30. The third-order valence-corrected chi connectivity index (χ3v) is 15.9. The highest BCUT2D eigenvalue weighted by Crippen LogP contribution is 2.38. The minimum atomic E-state index is -4.70. The normalized spacial score (nSPS) is 14.0. The average molecular weight is 1140 g/mol. The van der Waals surface area contributed by atoms with Crippen LogP contribution in [0.2, 0.25) is 0 Å². The number of carbonyl (C=O) groups is 2. The maximum Gasteiger partial charge on any atom is 0.306 e. The van der Waals surface area contributed by atoms with E-state index in [0.29, 0.717) is 17.4 Å². The van der Waals surface area contributed by atoms with Gasteiger partial charge in [-0.25, -0.2) is 0 Å². The molecule has 0 aromatic heterocycles. The van der Waals surface area contributed by atoms with E-state index in [4.69, 9.17) is 13.8 Å². The van der Waals surface area contributed by atoms with Crippen LogP contribution in [0.1, 0.15) is 310 Å². The van der Waals surface area contributed by atoms with Crippen LogP contribution in [0.25, 0.3) is 0 Å². The summed E-state index contributed by atoms with van der Waals surface area (Å²) in [4.78, 5) is 40.1. The summed E-state index contributed by atoms with van der Waals surface area (Å²) in [5.41, 5.74) is 0. The number of hydrogen-bond acceptors (Lipinski definition) is 7. The molecule has 0 saturated carbocycles. The van der Waals surface area contributed by atoms with Crippen LogP contribution in [0, 0.1) is 0 Å². The van der Waals surface area contributed by atoms with Crippen LogP contribution in [0.4, 0.5) is 0 Å². The van der Waals surface area contributed by atoms with Crippen molar-refractivity contribution in [2.45, 2.75) is 322 Å². The fourth-order valence-corrected chi connectivity index (χ4v) is 10.5. The predicted octanol–water partition coefficient (Wildman–Crippen LogP) is 20.5. The number of amides is 1. The highest BCUT2D eigenvalue weighted by atomic mass is 31.2. The first-order chi connectivity index (χ1) is 38.9. The molecule has 80 heavy (non-hydrogen) atoms. The molecule has 0 fully saturated rings. The molecule has 0 aromatic carbocycles. The number of quaternary nitrogens is 1. The van der Waals surface area contributed by atoms with Gasteiger partial charge in [-0.3, -0.25) is 14.2 Å². The summed E-state index contributed by atoms with van der Waals surface area (Å²) in [5, 5.41) is 3.04. The fraction of sp³-hybridized carbons (Fsp3) is 0.800. The van der Waals surface area contributed by atoms with Gasteiger partial charge in [0, 0.05) is 12.8 Å². The van der Waals surface area contributed by atoms with Crippen LogP contribution in [0.15, 0.2) is 72.9 Å². The van der Waals surface area contributed by atoms with Gasteiger partial charge >= 0.3 is 5.97 Å². The van der Waals surface area contributed by atoms with E-state index in [1.165, 1.54) is 173 Å². The zero-order valence-corrected chi connectivity index (χ0v) is 54.2. The van der Waals surface area contributed by atoms with Crippen LogP contribution in [0.3, 0.4) is 0 Å². The summed E-state index contributed by atoms with van der Waals surface area (Å²) in [6, 6.07) is -0.891. The average Bonchev–Trinajstić information content (AvgIpc) is 3.42. The molecule has 0 heterocycles. The first kappa shape index (κ1) is 77.5. The van der Waals surface area contributed by atoms with Crippen LogP contribution in [-0.4, -0.2) is 69.4 Å². The lowest BCUT2D eigenvalue weighted by atomic mass is 10.0. The van der Waals surface area contributed by atoms with Crippen molar-refractivity contribution in [1.82, 2.24) is 5.32 Å². The molecule has 0 bridgehead atoms. The molecule has 3 unspecified atom stereocenters. The molecule has 10 heteroatoms. The monoisotopic (exact) mass is 1140 g/mol. The molecule has 0 aliphatic carbocycles. The SMILES string of the molecule is CC/C=C\C/C=C\C/C=C\C/C=C\C/C=C\CCCCCCCCCCCC(=O)OC(/C=C/CCCCCCCCCCCC)C(COP(=O)([O-])OCC[N+](C)(C)C)NC(=O)CCCCCCCCCCCCCCCCCCC. The Kier molecular flexibility index (Phi) is 57.7. The third kappa shape index (κ3) is 60.1. The van der Waals surface area contributed by atoms with Crippen LogP contribution in [-0.2, 0) is 27.9 Å². The van der Waals surface area contributed by atoms with Crippen LogP contribution < -0.4 is 10.2 Å². The number of carbonyl (C=O) groups excluding carboxylic acids is 2. The Balaban J connectivity index is 5.12. The molecule has 0 radical (unpaired) electrons. The number of esters is 1. The molecular formula is C70H129N2O7P. The number of likely N-dealkylation sites (N-methyl/N-ethyl adjacent to an activating group) is 1. The van der Waals surface area contributed by atoms with Gasteiger partial charge in [0.25, 0.3) is 7.82 Å². The Morgan fingerprint density at radius 1 is 0.450 bits per heavy atom. The van der Waals surface area contributed by atoms with Crippen molar-refractivity contribution in [2.24, 2.45) is 0 Å². The molecule has 0 rings (SSSR count). The molecule has 1 amide bonds. The number of unbranched alkanes of at least 4 members (excludes halogenated alkanes) is 35. The van der Waals surface area contributed by atoms with Crippen molar-refractivity contribution in [3.8, 4) is 0 Å². The van der Waals surface area contributed by atoms with E-state index in [2.05, 4.69) is 86.8 Å². The van der Waals surface area contributed by atoms with Gasteiger partial charge in [-0.2, -0.15) is 0 Å². The molecule has 9 nitrogen and oxygen atoms in total. The van der Waals surface area contributed by atoms with Gasteiger partial charge in [-0.05, 0) is 76.7 Å². The van der Waals surface area contributed by atoms with Crippen LogP contribution in [0.5, 0.6) is 0 Å². The number of nitrogens with zero attached hydrogens (tertiary/aromatic N) is 1. The lowest BCUT2D eigenvalue weighted by Crippen LogP contribution is -2.47. The molecule has 466 valence electrons. The standard InChI is InChI=1S/C70H129N2O7P/c1-7-10-13-16-19-22-25-28-30-32-33-34-35-36-37-38-39-41-43-45-48-51-54-57-60-63-70(74)79-68(61-58-55-52-49-46-27-24-21-18-15-12-9-3)67(66-78-80(75,76)77-65-64-72(4,5)6)71-69(73)62-59-56-53-50-47-44-42-40-31-29-26-23-20-17-14-11-8-2/h10,13,19,22,28,30,33-34,36-37,58,61,67-68H,7-9,11-12,14-18,20-21,23-27,29,31-32,35,38-57,59-60,62-66H2,1-6H3,(H-,71,73,75,76)/b13-10-,22-19-,30-28-,34-33-,37-36-,61-58+. The van der Waals surface area contributed by atoms with E-state index < -0.39 is 20.0 Å². The summed E-state index contributed by atoms with van der Waals surface area (Å²) in [7, 11) is 1.19. The molecule has 0 aromatic rings. The molecule has 3 atom stereocenters. The van der Waals surface area contributed by atoms with Gasteiger partial charge in [0.05, 0.1) is 33.8 Å². The minimum absolute atomic E-state index is 0.0236. The van der Waals surface area contributed by atoms with E-state index in [1.807, 2.05) is 33.3 Å². The maximum absolute atomic E-state index is 13.6. The largest absolute Gasteiger partial charge is 0.756 e. The smallest absolute Gasteiger partial charge is 0.306 e. The number of rotatable bonds is 61. The second kappa shape index (κ2) is 59.6. The van der Waals surface area contributed by atoms with E-state index in [9.17, 15) is 19.0 Å². The first-order valence-electron chi connectivity index (χ1n) is 33.7. The summed E-state index contributed by atoms with van der Waals surface area (Å²) in [6.07, 6.45) is 77.3. The second-order valence-corrected chi connectivity index (χ2v) is 25.4. The molecule has 0 spiro atoms. The number of nitrogens with one attached hydrogen (secondary N) is 1. The second-order valence-electron chi connectivity index (χ2n) is 24.0. The lowest BCUT2D eigenvalue weighted by molar-refractivity contribution is -0.870. The molecule has 0 aliphatic rings. The van der Waals surface area contributed by atoms with Gasteiger partial charge in [-0.15, -0.1) is 0 Å². The van der Waals surface area contributed by atoms with Crippen molar-refractivity contribution < 1.29 is 37.3 Å². The van der Waals surface area contributed by atoms with Gasteiger partial charge in [-0.1, -0.05) is 293 Å². The number of ether oxygens (including phenoxy) is 1. The molecular weight excluding hydrogens is 1010 g/mol. The Bertz CT molecular complexity index is 1600. The fourth-order valence-electron chi connectivity index (χ4n) is 9.73. The molecule has 1 N–H and O–H groups in total. The van der Waals surface area contributed by atoms with Gasteiger partial charge in [0.2, 0.25) is 5.91 Å². The Morgan fingerprint density at radius 3 is 1.20 bits per heavy atom. The maximum atomic E-state index is 13.6. The zero-order valence-electron chi connectivity index (χ0n) is 53.3. The number of hydrogen-bond donors (Lipinski definition) is 1. The van der Waals surface area contributed by atoms with Crippen molar-refractivity contribution >= 4 is 19.7 Å². The highest BCUT2D eigenvalue weighted by molar-refractivity contribution is 7.45. The van der Waals surface area contributed by atoms with E-state index >= 15 is 0 Å². The van der Waals surface area contributed by atoms with Crippen LogP contribution >= 0.6 is 7.82 Å². The van der Waals surface area contributed by atoms with E-state index in [1.54, 1.807) is 0 Å². The Hall–Kier alpha value is -2.55. The molecule has 0 saturated heterocycles. The van der Waals surface area contributed by atoms with E-state index in [-0.39, 0.29) is 31.5 Å². The van der Waals surface area contributed by atoms with Gasteiger partial charge < -0.3 is 28.5 Å². The van der Waals surface area contributed by atoms with Crippen molar-refractivity contribution in [2.75, 3.05) is 40.9 Å². The quantitative estimate of drug-likeness (QED) is 0.0212. The van der Waals surface area contributed by atoms with Crippen molar-refractivity contribution in [3.63, 3.8) is 0 Å². The van der Waals surface area contributed by atoms with Gasteiger partial charge in [0.15, 0.2) is 0 Å². The summed E-state index contributed by atoms with van der Waals surface area (Å²) < 4.78 is 30.4. The minimum Gasteiger partial charge on any atom is -0.756 e. The van der Waals surface area contributed by atoms with Crippen molar-refractivity contribution in [3.05, 3.63) is 72.9 Å². The third-order valence-electron chi connectivity index (χ3n) is 14.9. The van der Waals surface area contributed by atoms with Crippen molar-refractivity contribution in [1.29, 1.82) is 0 Å². The Morgan fingerprint density at radius 2 is 0.800 bits per heavy atom. The summed E-state index contributed by atoms with van der Waals surface area (Å²) in [5.74, 6) is -0.538. The van der Waals surface area contributed by atoms with E-state index in [0.717, 1.165) is 103 Å². The number of phosphoric acid groups is 1. The number of allylic oxidation sites excluding steroid dienone is 11. The number of phosphoric ester groups is 1. The molecule has 0 aliphatic heterocycles. The summed E-state index contributed by atoms with van der Waals surface area (Å²) in [6.45, 7) is 6.76. The zero-order chi connectivity index (χ0) is 58.6. The Labute approximate surface area is 495 Å². The topological polar surface area (TPSA) is 114 Å². The van der Waals surface area contributed by atoms with Gasteiger partial charge in [0.1, 0.15) is 19.3 Å².